The predicted octanol–water partition coefficient (Wildman–Crippen LogP) is 3.28. The van der Waals surface area contributed by atoms with Gasteiger partial charge in [0, 0.05) is 23.5 Å². The van der Waals surface area contributed by atoms with Crippen molar-refractivity contribution in [1.82, 2.24) is 24.7 Å². The summed E-state index contributed by atoms with van der Waals surface area (Å²) in [6, 6.07) is 5.68. The van der Waals surface area contributed by atoms with E-state index >= 15 is 0 Å². The van der Waals surface area contributed by atoms with Gasteiger partial charge in [-0.2, -0.15) is 0 Å². The van der Waals surface area contributed by atoms with Crippen molar-refractivity contribution in [2.45, 2.75) is 32.7 Å². The van der Waals surface area contributed by atoms with Gasteiger partial charge in [0.2, 0.25) is 0 Å². The van der Waals surface area contributed by atoms with Crippen molar-refractivity contribution in [3.63, 3.8) is 0 Å². The molecule has 1 aliphatic rings. The minimum atomic E-state index is -0.180. The van der Waals surface area contributed by atoms with Gasteiger partial charge in [-0.05, 0) is 50.8 Å². The molecule has 0 aliphatic heterocycles. The van der Waals surface area contributed by atoms with E-state index in [0.717, 1.165) is 17.0 Å². The second-order valence-electron chi connectivity index (χ2n) is 6.54. The van der Waals surface area contributed by atoms with Crippen molar-refractivity contribution in [2.75, 3.05) is 0 Å². The maximum Gasteiger partial charge on any atom is 0.274 e. The SMILES string of the molecule is Cc1cc(-c2ccc(Cl)nc2)nc2c(C(=O)N[C@@H](C)C3CC3)ncn12. The molecular weight excluding hydrogens is 338 g/mol. The third kappa shape index (κ3) is 3.09. The molecule has 0 aromatic carbocycles. The fraction of sp³-hybridized carbons (Fsp3) is 0.333. The monoisotopic (exact) mass is 355 g/mol. The Balaban J connectivity index is 1.73. The van der Waals surface area contributed by atoms with Crippen LogP contribution < -0.4 is 5.32 Å². The van der Waals surface area contributed by atoms with Crippen LogP contribution >= 0.6 is 11.6 Å². The van der Waals surface area contributed by atoms with Crippen LogP contribution in [0.1, 0.15) is 35.9 Å². The number of halogens is 1. The van der Waals surface area contributed by atoms with Gasteiger partial charge in [0.25, 0.3) is 5.91 Å². The van der Waals surface area contributed by atoms with Crippen molar-refractivity contribution in [1.29, 1.82) is 0 Å². The molecule has 0 bridgehead atoms. The molecule has 1 atom stereocenters. The second kappa shape index (κ2) is 6.11. The van der Waals surface area contributed by atoms with Crippen LogP contribution in [0.3, 0.4) is 0 Å². The van der Waals surface area contributed by atoms with E-state index in [4.69, 9.17) is 11.6 Å². The lowest BCUT2D eigenvalue weighted by atomic mass is 10.2. The number of hydrogen-bond acceptors (Lipinski definition) is 4. The van der Waals surface area contributed by atoms with Gasteiger partial charge in [0.1, 0.15) is 11.5 Å². The number of aryl methyl sites for hydroxylation is 1. The molecule has 4 rings (SSSR count). The normalized spacial score (nSPS) is 15.3. The third-order valence-electron chi connectivity index (χ3n) is 4.62. The predicted molar refractivity (Wildman–Crippen MR) is 95.6 cm³/mol. The lowest BCUT2D eigenvalue weighted by molar-refractivity contribution is 0.0933. The second-order valence-corrected chi connectivity index (χ2v) is 6.93. The molecule has 7 heteroatoms. The van der Waals surface area contributed by atoms with Gasteiger partial charge in [-0.15, -0.1) is 0 Å². The van der Waals surface area contributed by atoms with Crippen molar-refractivity contribution in [2.24, 2.45) is 5.92 Å². The van der Waals surface area contributed by atoms with E-state index < -0.39 is 0 Å². The Hall–Kier alpha value is -2.47. The number of nitrogens with zero attached hydrogens (tertiary/aromatic N) is 4. The summed E-state index contributed by atoms with van der Waals surface area (Å²) in [4.78, 5) is 25.6. The first-order valence-electron chi connectivity index (χ1n) is 8.30. The molecule has 3 aromatic rings. The molecule has 0 radical (unpaired) electrons. The van der Waals surface area contributed by atoms with Gasteiger partial charge in [-0.3, -0.25) is 9.20 Å². The summed E-state index contributed by atoms with van der Waals surface area (Å²) in [5, 5.41) is 3.47. The van der Waals surface area contributed by atoms with E-state index in [1.807, 2.05) is 30.4 Å². The number of pyridine rings is 1. The largest absolute Gasteiger partial charge is 0.348 e. The average molecular weight is 356 g/mol. The number of fused-ring (bicyclic) bond motifs is 1. The number of aromatic nitrogens is 4. The highest BCUT2D eigenvalue weighted by Crippen LogP contribution is 2.32. The Morgan fingerprint density at radius 1 is 1.36 bits per heavy atom. The summed E-state index contributed by atoms with van der Waals surface area (Å²) in [7, 11) is 0. The molecule has 3 heterocycles. The Morgan fingerprint density at radius 2 is 2.16 bits per heavy atom. The standard InChI is InChI=1S/C18H18ClN5O/c1-10-7-14(13-5-6-15(19)20-8-13)23-17-16(21-9-24(10)17)18(25)22-11(2)12-3-4-12/h5-9,11-12H,3-4H2,1-2H3,(H,22,25)/t11-/m0/s1. The zero-order chi connectivity index (χ0) is 17.6. The summed E-state index contributed by atoms with van der Waals surface area (Å²) in [6.07, 6.45) is 5.66. The Kier molecular flexibility index (Phi) is 3.92. The van der Waals surface area contributed by atoms with Crippen LogP contribution in [-0.4, -0.2) is 31.3 Å². The van der Waals surface area contributed by atoms with Gasteiger partial charge < -0.3 is 5.32 Å². The molecule has 1 N–H and O–H groups in total. The summed E-state index contributed by atoms with van der Waals surface area (Å²) in [5.41, 5.74) is 3.41. The summed E-state index contributed by atoms with van der Waals surface area (Å²) >= 11 is 5.86. The van der Waals surface area contributed by atoms with Crippen LogP contribution in [0.15, 0.2) is 30.7 Å². The van der Waals surface area contributed by atoms with E-state index in [1.54, 1.807) is 18.6 Å². The average Bonchev–Trinajstić information content (AvgIpc) is 3.35. The maximum absolute atomic E-state index is 12.6. The van der Waals surface area contributed by atoms with Crippen LogP contribution in [0, 0.1) is 12.8 Å². The fourth-order valence-electron chi connectivity index (χ4n) is 2.95. The molecule has 0 spiro atoms. The number of amides is 1. The van der Waals surface area contributed by atoms with E-state index in [-0.39, 0.29) is 11.9 Å². The van der Waals surface area contributed by atoms with Gasteiger partial charge in [0.15, 0.2) is 11.3 Å². The quantitative estimate of drug-likeness (QED) is 0.729. The summed E-state index contributed by atoms with van der Waals surface area (Å²) < 4.78 is 1.82. The van der Waals surface area contributed by atoms with Crippen molar-refractivity contribution < 1.29 is 4.79 Å². The van der Waals surface area contributed by atoms with E-state index in [0.29, 0.717) is 22.4 Å². The van der Waals surface area contributed by atoms with Crippen LogP contribution in [0.4, 0.5) is 0 Å². The number of rotatable bonds is 4. The molecule has 1 amide bonds. The van der Waals surface area contributed by atoms with Crippen LogP contribution in [0.2, 0.25) is 5.15 Å². The Labute approximate surface area is 150 Å². The lowest BCUT2D eigenvalue weighted by Gasteiger charge is -2.11. The number of carbonyl (C=O) groups is 1. The molecule has 128 valence electrons. The molecule has 1 fully saturated rings. The highest BCUT2D eigenvalue weighted by Gasteiger charge is 2.30. The zero-order valence-corrected chi connectivity index (χ0v) is 14.8. The zero-order valence-electron chi connectivity index (χ0n) is 14.0. The van der Waals surface area contributed by atoms with Gasteiger partial charge >= 0.3 is 0 Å². The van der Waals surface area contributed by atoms with Crippen LogP contribution in [0.25, 0.3) is 16.9 Å². The first-order chi connectivity index (χ1) is 12.0. The van der Waals surface area contributed by atoms with Gasteiger partial charge in [0.05, 0.1) is 5.69 Å². The van der Waals surface area contributed by atoms with E-state index in [2.05, 4.69) is 20.3 Å². The highest BCUT2D eigenvalue weighted by molar-refractivity contribution is 6.29. The summed E-state index contributed by atoms with van der Waals surface area (Å²) in [6.45, 7) is 4.00. The molecule has 1 saturated carbocycles. The van der Waals surface area contributed by atoms with E-state index in [1.165, 1.54) is 12.8 Å². The Bertz CT molecular complexity index is 946. The van der Waals surface area contributed by atoms with Gasteiger partial charge in [-0.25, -0.2) is 15.0 Å². The molecule has 0 unspecified atom stereocenters. The topological polar surface area (TPSA) is 72.2 Å². The number of carbonyl (C=O) groups excluding carboxylic acids is 1. The number of imidazole rings is 1. The van der Waals surface area contributed by atoms with Crippen LogP contribution in [-0.2, 0) is 0 Å². The first-order valence-corrected chi connectivity index (χ1v) is 8.68. The summed E-state index contributed by atoms with van der Waals surface area (Å²) in [5.74, 6) is 0.406. The number of hydrogen-bond donors (Lipinski definition) is 1. The fourth-order valence-corrected chi connectivity index (χ4v) is 3.06. The van der Waals surface area contributed by atoms with Crippen LogP contribution in [0.5, 0.6) is 0 Å². The van der Waals surface area contributed by atoms with Crippen molar-refractivity contribution in [3.8, 4) is 11.3 Å². The van der Waals surface area contributed by atoms with Gasteiger partial charge in [-0.1, -0.05) is 11.6 Å². The van der Waals surface area contributed by atoms with Crippen molar-refractivity contribution >= 4 is 23.2 Å². The number of nitrogens with one attached hydrogen (secondary N) is 1. The minimum absolute atomic E-state index is 0.161. The molecular formula is C18H18ClN5O. The molecule has 3 aromatic heterocycles. The first kappa shape index (κ1) is 16.0. The lowest BCUT2D eigenvalue weighted by Crippen LogP contribution is -2.34. The Morgan fingerprint density at radius 3 is 2.84 bits per heavy atom. The highest BCUT2D eigenvalue weighted by atomic mass is 35.5. The smallest absolute Gasteiger partial charge is 0.274 e. The molecule has 6 nitrogen and oxygen atoms in total. The molecule has 0 saturated heterocycles. The minimum Gasteiger partial charge on any atom is -0.348 e. The maximum atomic E-state index is 12.6. The molecule has 1 aliphatic carbocycles. The third-order valence-corrected chi connectivity index (χ3v) is 4.84. The van der Waals surface area contributed by atoms with E-state index in [9.17, 15) is 4.79 Å². The van der Waals surface area contributed by atoms with Crippen molar-refractivity contribution in [3.05, 3.63) is 47.3 Å². The molecule has 25 heavy (non-hydrogen) atoms.